The van der Waals surface area contributed by atoms with Gasteiger partial charge in [0.15, 0.2) is 11.5 Å². The molecule has 1 aromatic rings. The minimum absolute atomic E-state index is 0.141. The highest BCUT2D eigenvalue weighted by Gasteiger charge is 2.36. The maximum Gasteiger partial charge on any atom is 0.331 e. The molecule has 0 bridgehead atoms. The SMILES string of the molecule is COc1ccc(C=C2C(=O)NC(=O)N(CCC3=CCCCC3)C2=O)c(OC)c1OC. The lowest BCUT2D eigenvalue weighted by Crippen LogP contribution is -2.54. The van der Waals surface area contributed by atoms with Crippen LogP contribution in [0.25, 0.3) is 6.08 Å². The van der Waals surface area contributed by atoms with E-state index in [2.05, 4.69) is 11.4 Å². The molecule has 30 heavy (non-hydrogen) atoms. The number of amides is 4. The second-order valence-corrected chi connectivity index (χ2v) is 7.06. The summed E-state index contributed by atoms with van der Waals surface area (Å²) in [5.74, 6) is -0.253. The molecule has 160 valence electrons. The summed E-state index contributed by atoms with van der Waals surface area (Å²) in [6.07, 6.45) is 8.48. The molecule has 1 heterocycles. The van der Waals surface area contributed by atoms with E-state index in [1.165, 1.54) is 39.4 Å². The van der Waals surface area contributed by atoms with Crippen LogP contribution < -0.4 is 19.5 Å². The number of hydrogen-bond acceptors (Lipinski definition) is 6. The lowest BCUT2D eigenvalue weighted by molar-refractivity contribution is -0.130. The van der Waals surface area contributed by atoms with Crippen molar-refractivity contribution >= 4 is 23.9 Å². The number of hydrogen-bond donors (Lipinski definition) is 1. The largest absolute Gasteiger partial charge is 0.493 e. The van der Waals surface area contributed by atoms with Crippen LogP contribution in [0.15, 0.2) is 29.4 Å². The minimum Gasteiger partial charge on any atom is -0.493 e. The molecule has 2 aliphatic rings. The van der Waals surface area contributed by atoms with E-state index in [9.17, 15) is 14.4 Å². The van der Waals surface area contributed by atoms with Crippen LogP contribution >= 0.6 is 0 Å². The van der Waals surface area contributed by atoms with Gasteiger partial charge in [-0.3, -0.25) is 19.8 Å². The zero-order valence-corrected chi connectivity index (χ0v) is 17.4. The fourth-order valence-corrected chi connectivity index (χ4v) is 3.68. The van der Waals surface area contributed by atoms with E-state index >= 15 is 0 Å². The second-order valence-electron chi connectivity index (χ2n) is 7.06. The summed E-state index contributed by atoms with van der Waals surface area (Å²) < 4.78 is 16.0. The number of nitrogens with zero attached hydrogens (tertiary/aromatic N) is 1. The molecular weight excluding hydrogens is 388 g/mol. The first-order valence-electron chi connectivity index (χ1n) is 9.85. The summed E-state index contributed by atoms with van der Waals surface area (Å²) >= 11 is 0. The van der Waals surface area contributed by atoms with Gasteiger partial charge in [-0.05, 0) is 50.3 Å². The third-order valence-electron chi connectivity index (χ3n) is 5.26. The van der Waals surface area contributed by atoms with E-state index in [1.54, 1.807) is 12.1 Å². The summed E-state index contributed by atoms with van der Waals surface area (Å²) in [7, 11) is 4.42. The van der Waals surface area contributed by atoms with Crippen molar-refractivity contribution in [1.29, 1.82) is 0 Å². The molecule has 1 N–H and O–H groups in total. The molecule has 0 aromatic heterocycles. The first kappa shape index (κ1) is 21.4. The van der Waals surface area contributed by atoms with Gasteiger partial charge in [0.05, 0.1) is 21.3 Å². The van der Waals surface area contributed by atoms with E-state index in [1.807, 2.05) is 0 Å². The molecule has 1 fully saturated rings. The van der Waals surface area contributed by atoms with Gasteiger partial charge in [0, 0.05) is 12.1 Å². The van der Waals surface area contributed by atoms with Crippen LogP contribution in [0.5, 0.6) is 17.2 Å². The molecule has 0 radical (unpaired) electrons. The summed E-state index contributed by atoms with van der Waals surface area (Å²) in [5.41, 5.74) is 1.56. The van der Waals surface area contributed by atoms with Gasteiger partial charge < -0.3 is 14.2 Å². The Morgan fingerprint density at radius 1 is 1.03 bits per heavy atom. The first-order chi connectivity index (χ1) is 14.5. The van der Waals surface area contributed by atoms with Gasteiger partial charge in [-0.2, -0.15) is 0 Å². The normalized spacial score (nSPS) is 18.2. The highest BCUT2D eigenvalue weighted by molar-refractivity contribution is 6.31. The molecule has 8 nitrogen and oxygen atoms in total. The van der Waals surface area contributed by atoms with Crippen LogP contribution in [-0.4, -0.2) is 50.6 Å². The van der Waals surface area contributed by atoms with Gasteiger partial charge in [-0.15, -0.1) is 0 Å². The molecule has 1 aromatic carbocycles. The maximum absolute atomic E-state index is 13.0. The Kier molecular flexibility index (Phi) is 6.76. The van der Waals surface area contributed by atoms with Crippen molar-refractivity contribution < 1.29 is 28.6 Å². The number of carbonyl (C=O) groups excluding carboxylic acids is 3. The average Bonchev–Trinajstić information content (AvgIpc) is 2.76. The topological polar surface area (TPSA) is 94.2 Å². The van der Waals surface area contributed by atoms with E-state index in [-0.39, 0.29) is 12.1 Å². The highest BCUT2D eigenvalue weighted by Crippen LogP contribution is 2.40. The molecule has 3 rings (SSSR count). The molecule has 0 unspecified atom stereocenters. The summed E-state index contributed by atoms with van der Waals surface area (Å²) in [4.78, 5) is 38.7. The highest BCUT2D eigenvalue weighted by atomic mass is 16.5. The Hall–Kier alpha value is -3.29. The van der Waals surface area contributed by atoms with Crippen LogP contribution in [0.4, 0.5) is 4.79 Å². The molecule has 4 amide bonds. The molecular formula is C22H26N2O6. The molecule has 8 heteroatoms. The van der Waals surface area contributed by atoms with Crippen molar-refractivity contribution in [3.63, 3.8) is 0 Å². The predicted octanol–water partition coefficient (Wildman–Crippen LogP) is 3.06. The van der Waals surface area contributed by atoms with Crippen molar-refractivity contribution in [3.8, 4) is 17.2 Å². The number of nitrogens with one attached hydrogen (secondary N) is 1. The van der Waals surface area contributed by atoms with Gasteiger partial charge in [0.25, 0.3) is 11.8 Å². The summed E-state index contributed by atoms with van der Waals surface area (Å²) in [6.45, 7) is 0.226. The van der Waals surface area contributed by atoms with Crippen molar-refractivity contribution in [3.05, 3.63) is 34.9 Å². The smallest absolute Gasteiger partial charge is 0.331 e. The van der Waals surface area contributed by atoms with Crippen LogP contribution in [-0.2, 0) is 9.59 Å². The van der Waals surface area contributed by atoms with Gasteiger partial charge in [0.1, 0.15) is 5.57 Å². The van der Waals surface area contributed by atoms with Crippen molar-refractivity contribution in [1.82, 2.24) is 10.2 Å². The minimum atomic E-state index is -0.741. The lowest BCUT2D eigenvalue weighted by atomic mass is 9.97. The fourth-order valence-electron chi connectivity index (χ4n) is 3.68. The van der Waals surface area contributed by atoms with Crippen LogP contribution in [0.3, 0.4) is 0 Å². The molecule has 1 aliphatic carbocycles. The standard InChI is InChI=1S/C22H26N2O6/c1-28-17-10-9-15(18(29-2)19(17)30-3)13-16-20(25)23-22(27)24(21(16)26)12-11-14-7-5-4-6-8-14/h7,9-10,13H,4-6,8,11-12H2,1-3H3,(H,23,25,27). The number of methoxy groups -OCH3 is 3. The Balaban J connectivity index is 1.89. The maximum atomic E-state index is 13.0. The third-order valence-corrected chi connectivity index (χ3v) is 5.26. The van der Waals surface area contributed by atoms with Crippen LogP contribution in [0.1, 0.15) is 37.7 Å². The number of carbonyl (C=O) groups is 3. The quantitative estimate of drug-likeness (QED) is 0.419. The number of barbiturate groups is 1. The van der Waals surface area contributed by atoms with Crippen molar-refractivity contribution in [2.75, 3.05) is 27.9 Å². The van der Waals surface area contributed by atoms with Gasteiger partial charge >= 0.3 is 6.03 Å². The van der Waals surface area contributed by atoms with Crippen LogP contribution in [0.2, 0.25) is 0 Å². The van der Waals surface area contributed by atoms with Gasteiger partial charge in [-0.1, -0.05) is 11.6 Å². The molecule has 0 atom stereocenters. The van der Waals surface area contributed by atoms with E-state index in [4.69, 9.17) is 14.2 Å². The summed E-state index contributed by atoms with van der Waals surface area (Å²) in [5, 5.41) is 2.25. The van der Waals surface area contributed by atoms with Gasteiger partial charge in [-0.25, -0.2) is 4.79 Å². The van der Waals surface area contributed by atoms with Crippen molar-refractivity contribution in [2.24, 2.45) is 0 Å². The fraction of sp³-hybridized carbons (Fsp3) is 0.409. The Bertz CT molecular complexity index is 918. The van der Waals surface area contributed by atoms with Crippen molar-refractivity contribution in [2.45, 2.75) is 32.1 Å². The zero-order chi connectivity index (χ0) is 21.7. The molecule has 0 saturated carbocycles. The Morgan fingerprint density at radius 3 is 2.43 bits per heavy atom. The third kappa shape index (κ3) is 4.32. The zero-order valence-electron chi connectivity index (χ0n) is 17.4. The number of rotatable bonds is 7. The predicted molar refractivity (Wildman–Crippen MR) is 110 cm³/mol. The lowest BCUT2D eigenvalue weighted by Gasteiger charge is -2.27. The number of imide groups is 2. The summed E-state index contributed by atoms with van der Waals surface area (Å²) in [6, 6.07) is 2.61. The van der Waals surface area contributed by atoms with E-state index < -0.39 is 17.8 Å². The Morgan fingerprint density at radius 2 is 1.80 bits per heavy atom. The second kappa shape index (κ2) is 9.47. The number of urea groups is 1. The first-order valence-corrected chi connectivity index (χ1v) is 9.85. The molecule has 1 saturated heterocycles. The monoisotopic (exact) mass is 414 g/mol. The van der Waals surface area contributed by atoms with E-state index in [0.29, 0.717) is 29.2 Å². The Labute approximate surface area is 175 Å². The molecule has 0 spiro atoms. The number of allylic oxidation sites excluding steroid dienone is 1. The van der Waals surface area contributed by atoms with Gasteiger partial charge in [0.2, 0.25) is 5.75 Å². The van der Waals surface area contributed by atoms with E-state index in [0.717, 1.165) is 24.2 Å². The van der Waals surface area contributed by atoms with Crippen LogP contribution in [0, 0.1) is 0 Å². The molecule has 1 aliphatic heterocycles. The average molecular weight is 414 g/mol. The number of benzene rings is 1. The number of ether oxygens (including phenoxy) is 3.